The molecule has 34 heavy (non-hydrogen) atoms. The highest BCUT2D eigenvalue weighted by Crippen LogP contribution is 2.23. The Hall–Kier alpha value is -4.25. The molecule has 3 aromatic rings. The second-order valence-electron chi connectivity index (χ2n) is 7.31. The Balaban J connectivity index is 1.76. The average molecular weight is 483 g/mol. The van der Waals surface area contributed by atoms with Crippen LogP contribution in [0.3, 0.4) is 0 Å². The van der Waals surface area contributed by atoms with Crippen LogP contribution < -0.4 is 14.9 Å². The molecule has 0 aromatic heterocycles. The summed E-state index contributed by atoms with van der Waals surface area (Å²) in [5.74, 6) is -1.14. The third-order valence-corrected chi connectivity index (χ3v) is 5.90. The smallest absolute Gasteiger partial charge is 0.271 e. The molecule has 3 aromatic carbocycles. The molecule has 0 atom stereocenters. The molecule has 176 valence electrons. The number of rotatable bonds is 9. The van der Waals surface area contributed by atoms with Crippen molar-refractivity contribution in [2.75, 3.05) is 22.4 Å². The van der Waals surface area contributed by atoms with E-state index in [0.29, 0.717) is 0 Å². The van der Waals surface area contributed by atoms with Gasteiger partial charge in [-0.05, 0) is 23.8 Å². The average Bonchev–Trinajstić information content (AvgIpc) is 2.81. The van der Waals surface area contributed by atoms with Gasteiger partial charge in [0.25, 0.3) is 11.6 Å². The van der Waals surface area contributed by atoms with Crippen molar-refractivity contribution in [2.24, 2.45) is 0 Å². The number of nitro groups is 1. The number of hydrogen-bond donors (Lipinski definition) is 2. The molecule has 0 aliphatic rings. The van der Waals surface area contributed by atoms with Gasteiger partial charge in [0.05, 0.1) is 28.1 Å². The molecule has 0 aliphatic carbocycles. The first kappa shape index (κ1) is 24.4. The SMILES string of the molecule is CS(=O)(=O)N(CC(=O)Nc1ccccc1C(=O)NCc1ccccc1)c1cccc([N+](=O)[O-])c1. The Labute approximate surface area is 196 Å². The van der Waals surface area contributed by atoms with E-state index in [0.717, 1.165) is 22.2 Å². The number of nitrogens with zero attached hydrogens (tertiary/aromatic N) is 2. The second kappa shape index (κ2) is 10.6. The minimum atomic E-state index is -3.94. The number of nitro benzene ring substituents is 1. The standard InChI is InChI=1S/C23H22N4O6S/c1-34(32,33)26(18-10-7-11-19(14-18)27(30)31)16-22(28)25-21-13-6-5-12-20(21)23(29)24-15-17-8-3-2-4-9-17/h2-14H,15-16H2,1H3,(H,24,29)(H,25,28). The maximum absolute atomic E-state index is 12.7. The number of amides is 2. The third-order valence-electron chi connectivity index (χ3n) is 4.76. The van der Waals surface area contributed by atoms with Crippen LogP contribution >= 0.6 is 0 Å². The van der Waals surface area contributed by atoms with Crippen LogP contribution in [0.15, 0.2) is 78.9 Å². The van der Waals surface area contributed by atoms with Crippen LogP contribution in [0.4, 0.5) is 17.1 Å². The number of sulfonamides is 1. The molecule has 2 N–H and O–H groups in total. The lowest BCUT2D eigenvalue weighted by Crippen LogP contribution is -2.37. The fourth-order valence-electron chi connectivity index (χ4n) is 3.15. The highest BCUT2D eigenvalue weighted by atomic mass is 32.2. The molecule has 0 saturated carbocycles. The van der Waals surface area contributed by atoms with Crippen LogP contribution in [-0.2, 0) is 21.4 Å². The highest BCUT2D eigenvalue weighted by molar-refractivity contribution is 7.92. The first-order valence-electron chi connectivity index (χ1n) is 10.1. The van der Waals surface area contributed by atoms with Crippen molar-refractivity contribution >= 4 is 38.9 Å². The van der Waals surface area contributed by atoms with Crippen molar-refractivity contribution in [3.63, 3.8) is 0 Å². The predicted octanol–water partition coefficient (Wildman–Crippen LogP) is 2.93. The molecule has 0 radical (unpaired) electrons. The number of hydrogen-bond acceptors (Lipinski definition) is 6. The van der Waals surface area contributed by atoms with Crippen molar-refractivity contribution in [1.29, 1.82) is 0 Å². The zero-order valence-corrected chi connectivity index (χ0v) is 19.0. The van der Waals surface area contributed by atoms with Gasteiger partial charge >= 0.3 is 0 Å². The Morgan fingerprint density at radius 2 is 1.65 bits per heavy atom. The fourth-order valence-corrected chi connectivity index (χ4v) is 3.99. The minimum Gasteiger partial charge on any atom is -0.348 e. The van der Waals surface area contributed by atoms with E-state index in [1.807, 2.05) is 30.3 Å². The van der Waals surface area contributed by atoms with E-state index in [-0.39, 0.29) is 29.2 Å². The van der Waals surface area contributed by atoms with Gasteiger partial charge in [0.15, 0.2) is 0 Å². The zero-order chi connectivity index (χ0) is 24.7. The lowest BCUT2D eigenvalue weighted by atomic mass is 10.1. The van der Waals surface area contributed by atoms with E-state index >= 15 is 0 Å². The molecule has 2 amide bonds. The summed E-state index contributed by atoms with van der Waals surface area (Å²) in [6.45, 7) is -0.351. The number of benzene rings is 3. The molecular formula is C23H22N4O6S. The van der Waals surface area contributed by atoms with Crippen molar-refractivity contribution < 1.29 is 22.9 Å². The largest absolute Gasteiger partial charge is 0.348 e. The summed E-state index contributed by atoms with van der Waals surface area (Å²) in [7, 11) is -3.94. The van der Waals surface area contributed by atoms with Crippen molar-refractivity contribution in [3.05, 3.63) is 100 Å². The Kier molecular flexibility index (Phi) is 7.59. The molecule has 0 aliphatic heterocycles. The van der Waals surface area contributed by atoms with E-state index < -0.39 is 33.3 Å². The number of anilines is 2. The first-order valence-corrected chi connectivity index (χ1v) is 11.9. The maximum Gasteiger partial charge on any atom is 0.271 e. The summed E-state index contributed by atoms with van der Waals surface area (Å²) in [5, 5.41) is 16.4. The first-order chi connectivity index (χ1) is 16.1. The van der Waals surface area contributed by atoms with Crippen LogP contribution in [0, 0.1) is 10.1 Å². The van der Waals surface area contributed by atoms with Gasteiger partial charge in [-0.25, -0.2) is 8.42 Å². The monoisotopic (exact) mass is 482 g/mol. The number of non-ortho nitro benzene ring substituents is 1. The van der Waals surface area contributed by atoms with Crippen molar-refractivity contribution in [3.8, 4) is 0 Å². The summed E-state index contributed by atoms with van der Waals surface area (Å²) in [5.41, 5.74) is 0.962. The van der Waals surface area contributed by atoms with Gasteiger partial charge in [-0.3, -0.25) is 24.0 Å². The number of para-hydroxylation sites is 1. The van der Waals surface area contributed by atoms with Crippen LogP contribution in [0.1, 0.15) is 15.9 Å². The van der Waals surface area contributed by atoms with Gasteiger partial charge in [-0.15, -0.1) is 0 Å². The molecule has 0 saturated heterocycles. The fraction of sp³-hybridized carbons (Fsp3) is 0.130. The molecule has 10 nitrogen and oxygen atoms in total. The summed E-state index contributed by atoms with van der Waals surface area (Å²) in [4.78, 5) is 35.8. The number of carbonyl (C=O) groups is 2. The summed E-state index contributed by atoms with van der Waals surface area (Å²) in [6, 6.07) is 20.6. The van der Waals surface area contributed by atoms with Gasteiger partial charge in [-0.2, -0.15) is 0 Å². The molecular weight excluding hydrogens is 460 g/mol. The zero-order valence-electron chi connectivity index (χ0n) is 18.2. The molecule has 0 unspecified atom stereocenters. The van der Waals surface area contributed by atoms with E-state index in [2.05, 4.69) is 10.6 Å². The molecule has 3 rings (SSSR count). The minimum absolute atomic E-state index is 0.0271. The van der Waals surface area contributed by atoms with Crippen LogP contribution in [0.25, 0.3) is 0 Å². The van der Waals surface area contributed by atoms with Crippen molar-refractivity contribution in [1.82, 2.24) is 5.32 Å². The second-order valence-corrected chi connectivity index (χ2v) is 9.22. The lowest BCUT2D eigenvalue weighted by molar-refractivity contribution is -0.384. The molecule has 0 bridgehead atoms. The van der Waals surface area contributed by atoms with Crippen LogP contribution in [0.5, 0.6) is 0 Å². The highest BCUT2D eigenvalue weighted by Gasteiger charge is 2.23. The molecule has 0 heterocycles. The predicted molar refractivity (Wildman–Crippen MR) is 128 cm³/mol. The van der Waals surface area contributed by atoms with Crippen LogP contribution in [0.2, 0.25) is 0 Å². The van der Waals surface area contributed by atoms with E-state index in [1.165, 1.54) is 30.3 Å². The summed E-state index contributed by atoms with van der Waals surface area (Å²) >= 11 is 0. The van der Waals surface area contributed by atoms with E-state index in [4.69, 9.17) is 0 Å². The molecule has 0 fully saturated rings. The van der Waals surface area contributed by atoms with Gasteiger partial charge in [0, 0.05) is 18.7 Å². The Bertz CT molecular complexity index is 1310. The Morgan fingerprint density at radius 1 is 0.971 bits per heavy atom. The van der Waals surface area contributed by atoms with Crippen LogP contribution in [-0.4, -0.2) is 38.0 Å². The summed E-state index contributed by atoms with van der Waals surface area (Å²) < 4.78 is 25.4. The molecule has 0 spiro atoms. The van der Waals surface area contributed by atoms with Gasteiger partial charge in [0.2, 0.25) is 15.9 Å². The van der Waals surface area contributed by atoms with E-state index in [9.17, 15) is 28.1 Å². The third kappa shape index (κ3) is 6.39. The summed E-state index contributed by atoms with van der Waals surface area (Å²) in [6.07, 6.45) is 0.893. The Morgan fingerprint density at radius 3 is 2.32 bits per heavy atom. The van der Waals surface area contributed by atoms with Crippen molar-refractivity contribution in [2.45, 2.75) is 6.54 Å². The van der Waals surface area contributed by atoms with E-state index in [1.54, 1.807) is 12.1 Å². The number of carbonyl (C=O) groups excluding carboxylic acids is 2. The van der Waals surface area contributed by atoms with Gasteiger partial charge in [-0.1, -0.05) is 48.5 Å². The van der Waals surface area contributed by atoms with Gasteiger partial charge in [0.1, 0.15) is 6.54 Å². The van der Waals surface area contributed by atoms with Gasteiger partial charge < -0.3 is 10.6 Å². The topological polar surface area (TPSA) is 139 Å². The molecule has 11 heteroatoms. The lowest BCUT2D eigenvalue weighted by Gasteiger charge is -2.22. The maximum atomic E-state index is 12.7. The number of nitrogens with one attached hydrogen (secondary N) is 2. The normalized spacial score (nSPS) is 10.9. The quantitative estimate of drug-likeness (QED) is 0.355.